The van der Waals surface area contributed by atoms with Crippen LogP contribution in [-0.4, -0.2) is 58.1 Å². The van der Waals surface area contributed by atoms with Gasteiger partial charge >= 0.3 is 12.1 Å². The number of rotatable bonds is 4. The van der Waals surface area contributed by atoms with Crippen LogP contribution in [0.3, 0.4) is 0 Å². The number of carbonyl (C=O) groups excluding carboxylic acids is 1. The van der Waals surface area contributed by atoms with E-state index in [1.54, 1.807) is 0 Å². The molecular weight excluding hydrogens is 365 g/mol. The van der Waals surface area contributed by atoms with Crippen LogP contribution in [0.25, 0.3) is 0 Å². The van der Waals surface area contributed by atoms with Gasteiger partial charge in [0.1, 0.15) is 0 Å². The number of ether oxygens (including phenoxy) is 2. The van der Waals surface area contributed by atoms with Gasteiger partial charge in [-0.15, -0.1) is 0 Å². The molecule has 0 aromatic heterocycles. The minimum absolute atomic E-state index is 0.00105. The molecule has 11 heteroatoms. The maximum absolute atomic E-state index is 13.2. The fourth-order valence-electron chi connectivity index (χ4n) is 2.41. The highest BCUT2D eigenvalue weighted by atomic mass is 32.2. The van der Waals surface area contributed by atoms with E-state index >= 15 is 0 Å². The van der Waals surface area contributed by atoms with Gasteiger partial charge < -0.3 is 15.2 Å². The molecule has 25 heavy (non-hydrogen) atoms. The first kappa shape index (κ1) is 19.6. The van der Waals surface area contributed by atoms with E-state index in [9.17, 15) is 26.4 Å². The molecule has 2 N–H and O–H groups in total. The van der Waals surface area contributed by atoms with Gasteiger partial charge in [-0.1, -0.05) is 0 Å². The van der Waals surface area contributed by atoms with Crippen LogP contribution in [0.15, 0.2) is 23.1 Å². The molecule has 1 aromatic rings. The minimum atomic E-state index is -4.92. The Hall–Kier alpha value is -1.69. The summed E-state index contributed by atoms with van der Waals surface area (Å²) in [6.45, 7) is 0.118. The van der Waals surface area contributed by atoms with Crippen molar-refractivity contribution in [3.63, 3.8) is 0 Å². The van der Waals surface area contributed by atoms with E-state index < -0.39 is 44.3 Å². The van der Waals surface area contributed by atoms with Gasteiger partial charge in [0.2, 0.25) is 10.0 Å². The summed E-state index contributed by atoms with van der Waals surface area (Å²) in [6.07, 6.45) is -5.44. The van der Waals surface area contributed by atoms with Crippen molar-refractivity contribution in [2.45, 2.75) is 17.2 Å². The molecule has 1 fully saturated rings. The van der Waals surface area contributed by atoms with Crippen molar-refractivity contribution in [1.82, 2.24) is 4.31 Å². The molecular formula is C14H17F3N2O5S. The molecule has 0 amide bonds. The number of alkyl halides is 3. The molecule has 0 saturated carbocycles. The van der Waals surface area contributed by atoms with E-state index in [4.69, 9.17) is 10.5 Å². The zero-order valence-electron chi connectivity index (χ0n) is 13.2. The van der Waals surface area contributed by atoms with Crippen molar-refractivity contribution >= 4 is 16.0 Å². The number of esters is 1. The van der Waals surface area contributed by atoms with Crippen LogP contribution in [0.1, 0.15) is 15.9 Å². The number of nitrogens with zero attached hydrogens (tertiary/aromatic N) is 1. The molecule has 0 aliphatic carbocycles. The number of halogens is 3. The van der Waals surface area contributed by atoms with Crippen molar-refractivity contribution in [3.8, 4) is 0 Å². The average Bonchev–Trinajstić information content (AvgIpc) is 2.59. The maximum Gasteiger partial charge on any atom is 0.417 e. The highest BCUT2D eigenvalue weighted by Gasteiger charge is 2.38. The van der Waals surface area contributed by atoms with Gasteiger partial charge in [-0.2, -0.15) is 17.5 Å². The lowest BCUT2D eigenvalue weighted by Gasteiger charge is -2.31. The molecule has 1 aliphatic heterocycles. The van der Waals surface area contributed by atoms with Crippen molar-refractivity contribution in [3.05, 3.63) is 29.3 Å². The van der Waals surface area contributed by atoms with E-state index in [1.807, 2.05) is 0 Å². The van der Waals surface area contributed by atoms with E-state index in [-0.39, 0.29) is 26.2 Å². The minimum Gasteiger partial charge on any atom is -0.465 e. The Bertz CT molecular complexity index is 751. The third-order valence-electron chi connectivity index (χ3n) is 3.70. The number of morpholine rings is 1. The highest BCUT2D eigenvalue weighted by Crippen LogP contribution is 2.34. The highest BCUT2D eigenvalue weighted by molar-refractivity contribution is 7.89. The number of sulfonamides is 1. The lowest BCUT2D eigenvalue weighted by atomic mass is 10.1. The Kier molecular flexibility index (Phi) is 5.72. The second-order valence-corrected chi connectivity index (χ2v) is 7.23. The lowest BCUT2D eigenvalue weighted by Crippen LogP contribution is -2.48. The standard InChI is InChI=1S/C14H17F3N2O5S/c1-23-13(20)11-3-2-10(6-12(11)14(15,16)17)25(21,22)19-4-5-24-9(7-18)8-19/h2-3,6,9H,4-5,7-8,18H2,1H3. The van der Waals surface area contributed by atoms with Crippen molar-refractivity contribution in [2.75, 3.05) is 33.4 Å². The number of hydrogen-bond acceptors (Lipinski definition) is 6. The molecule has 0 spiro atoms. The third-order valence-corrected chi connectivity index (χ3v) is 5.57. The molecule has 1 heterocycles. The van der Waals surface area contributed by atoms with Crippen LogP contribution >= 0.6 is 0 Å². The quantitative estimate of drug-likeness (QED) is 0.775. The molecule has 1 atom stereocenters. The second-order valence-electron chi connectivity index (χ2n) is 5.29. The summed E-state index contributed by atoms with van der Waals surface area (Å²) in [5.74, 6) is -1.20. The van der Waals surface area contributed by atoms with E-state index in [2.05, 4.69) is 4.74 Å². The first-order valence-electron chi connectivity index (χ1n) is 7.22. The Labute approximate surface area is 142 Å². The monoisotopic (exact) mass is 382 g/mol. The normalized spacial score (nSPS) is 19.6. The Morgan fingerprint density at radius 1 is 1.44 bits per heavy atom. The van der Waals surface area contributed by atoms with Crippen LogP contribution in [-0.2, 0) is 25.7 Å². The summed E-state index contributed by atoms with van der Waals surface area (Å²) < 4.78 is 75.5. The molecule has 0 bridgehead atoms. The number of benzene rings is 1. The number of nitrogens with two attached hydrogens (primary N) is 1. The smallest absolute Gasteiger partial charge is 0.417 e. The first-order chi connectivity index (χ1) is 11.6. The Morgan fingerprint density at radius 3 is 2.68 bits per heavy atom. The zero-order valence-corrected chi connectivity index (χ0v) is 14.1. The molecule has 1 aliphatic rings. The van der Waals surface area contributed by atoms with Crippen LogP contribution in [0.5, 0.6) is 0 Å². The number of carbonyl (C=O) groups is 1. The van der Waals surface area contributed by atoms with Crippen LogP contribution in [0.4, 0.5) is 13.2 Å². The van der Waals surface area contributed by atoms with Crippen LogP contribution in [0, 0.1) is 0 Å². The van der Waals surface area contributed by atoms with Gasteiger partial charge in [0.05, 0.1) is 35.8 Å². The summed E-state index contributed by atoms with van der Waals surface area (Å²) in [5, 5.41) is 0. The molecule has 140 valence electrons. The van der Waals surface area contributed by atoms with E-state index in [0.717, 1.165) is 23.5 Å². The van der Waals surface area contributed by atoms with Crippen molar-refractivity contribution in [2.24, 2.45) is 5.73 Å². The fraction of sp³-hybridized carbons (Fsp3) is 0.500. The van der Waals surface area contributed by atoms with E-state index in [1.165, 1.54) is 0 Å². The van der Waals surface area contributed by atoms with E-state index in [0.29, 0.717) is 6.07 Å². The molecule has 1 saturated heterocycles. The predicted octanol–water partition coefficient (Wildman–Crippen LogP) is 0.840. The topological polar surface area (TPSA) is 98.9 Å². The fourth-order valence-corrected chi connectivity index (χ4v) is 3.89. The average molecular weight is 382 g/mol. The summed E-state index contributed by atoms with van der Waals surface area (Å²) in [7, 11) is -3.25. The van der Waals surface area contributed by atoms with Crippen molar-refractivity contribution < 1.29 is 35.9 Å². The molecule has 2 rings (SSSR count). The summed E-state index contributed by atoms with van der Waals surface area (Å²) in [4.78, 5) is 10.9. The Balaban J connectivity index is 2.46. The largest absolute Gasteiger partial charge is 0.465 e. The van der Waals surface area contributed by atoms with Crippen LogP contribution < -0.4 is 5.73 Å². The van der Waals surface area contributed by atoms with Gasteiger partial charge in [0, 0.05) is 19.6 Å². The summed E-state index contributed by atoms with van der Waals surface area (Å²) >= 11 is 0. The van der Waals surface area contributed by atoms with Gasteiger partial charge in [0.15, 0.2) is 0 Å². The maximum atomic E-state index is 13.2. The zero-order chi connectivity index (χ0) is 18.8. The third kappa shape index (κ3) is 4.11. The van der Waals surface area contributed by atoms with Gasteiger partial charge in [-0.3, -0.25) is 0 Å². The molecule has 0 radical (unpaired) electrons. The molecule has 1 aromatic carbocycles. The summed E-state index contributed by atoms with van der Waals surface area (Å²) in [5.41, 5.74) is 3.33. The number of methoxy groups -OCH3 is 1. The van der Waals surface area contributed by atoms with Gasteiger partial charge in [-0.05, 0) is 18.2 Å². The summed E-state index contributed by atoms with van der Waals surface area (Å²) in [6, 6.07) is 2.18. The van der Waals surface area contributed by atoms with Crippen LogP contribution in [0.2, 0.25) is 0 Å². The molecule has 7 nitrogen and oxygen atoms in total. The predicted molar refractivity (Wildman–Crippen MR) is 80.3 cm³/mol. The van der Waals surface area contributed by atoms with Gasteiger partial charge in [0.25, 0.3) is 0 Å². The Morgan fingerprint density at radius 2 is 2.12 bits per heavy atom. The SMILES string of the molecule is COC(=O)c1ccc(S(=O)(=O)N2CCOC(CN)C2)cc1C(F)(F)F. The number of hydrogen-bond donors (Lipinski definition) is 1. The first-order valence-corrected chi connectivity index (χ1v) is 8.66. The molecule has 1 unspecified atom stereocenters. The lowest BCUT2D eigenvalue weighted by molar-refractivity contribution is -0.138. The van der Waals surface area contributed by atoms with Gasteiger partial charge in [-0.25, -0.2) is 13.2 Å². The second kappa shape index (κ2) is 7.28. The van der Waals surface area contributed by atoms with Crippen molar-refractivity contribution in [1.29, 1.82) is 0 Å².